The molecule has 1 atom stereocenters. The van der Waals surface area contributed by atoms with E-state index in [4.69, 9.17) is 22.7 Å². The van der Waals surface area contributed by atoms with E-state index in [0.29, 0.717) is 10.9 Å². The number of thiocarbonyl (C=S) groups is 1. The maximum atomic E-state index is 5.66. The van der Waals surface area contributed by atoms with E-state index >= 15 is 0 Å². The van der Waals surface area contributed by atoms with Crippen molar-refractivity contribution < 1.29 is 4.74 Å². The third-order valence-electron chi connectivity index (χ3n) is 2.66. The molecule has 0 aliphatic carbocycles. The molecule has 0 aromatic carbocycles. The lowest BCUT2D eigenvalue weighted by Crippen LogP contribution is -2.41. The van der Waals surface area contributed by atoms with Crippen molar-refractivity contribution in [1.29, 1.82) is 0 Å². The Bertz CT molecular complexity index is 187. The zero-order valence-electron chi connectivity index (χ0n) is 8.87. The van der Waals surface area contributed by atoms with Crippen LogP contribution >= 0.6 is 12.2 Å². The van der Waals surface area contributed by atoms with Gasteiger partial charge in [-0.1, -0.05) is 12.2 Å². The zero-order valence-corrected chi connectivity index (χ0v) is 9.68. The third kappa shape index (κ3) is 3.90. The van der Waals surface area contributed by atoms with Crippen LogP contribution in [0.3, 0.4) is 0 Å². The van der Waals surface area contributed by atoms with Crippen molar-refractivity contribution in [3.05, 3.63) is 0 Å². The lowest BCUT2D eigenvalue weighted by atomic mass is 9.98. The first-order valence-electron chi connectivity index (χ1n) is 5.33. The van der Waals surface area contributed by atoms with E-state index in [0.717, 1.165) is 39.3 Å². The number of rotatable bonds is 5. The van der Waals surface area contributed by atoms with Crippen LogP contribution in [0.25, 0.3) is 0 Å². The highest BCUT2D eigenvalue weighted by atomic mass is 32.1. The first-order chi connectivity index (χ1) is 6.74. The van der Waals surface area contributed by atoms with E-state index in [1.165, 1.54) is 6.42 Å². The topological polar surface area (TPSA) is 38.5 Å². The van der Waals surface area contributed by atoms with Gasteiger partial charge < -0.3 is 15.4 Å². The van der Waals surface area contributed by atoms with Crippen molar-refractivity contribution in [3.63, 3.8) is 0 Å². The van der Waals surface area contributed by atoms with Crippen molar-refractivity contribution in [2.45, 2.75) is 19.8 Å². The van der Waals surface area contributed by atoms with Crippen LogP contribution in [0.1, 0.15) is 19.8 Å². The predicted octanol–water partition coefficient (Wildman–Crippen LogP) is 1.02. The minimum absolute atomic E-state index is 0.417. The van der Waals surface area contributed by atoms with Crippen molar-refractivity contribution in [2.75, 3.05) is 32.8 Å². The summed E-state index contributed by atoms with van der Waals surface area (Å²) in [7, 11) is 0. The SMILES string of the molecule is CCOCCN1CCCC(C(N)=S)C1. The molecule has 0 aromatic heterocycles. The van der Waals surface area contributed by atoms with Gasteiger partial charge in [0.1, 0.15) is 0 Å². The highest BCUT2D eigenvalue weighted by Crippen LogP contribution is 2.16. The highest BCUT2D eigenvalue weighted by Gasteiger charge is 2.21. The summed E-state index contributed by atoms with van der Waals surface area (Å²) < 4.78 is 5.33. The monoisotopic (exact) mass is 216 g/mol. The molecule has 0 aromatic rings. The van der Waals surface area contributed by atoms with Crippen molar-refractivity contribution >= 4 is 17.2 Å². The molecule has 1 aliphatic heterocycles. The van der Waals surface area contributed by atoms with Gasteiger partial charge in [0, 0.05) is 25.6 Å². The molecule has 4 heteroatoms. The van der Waals surface area contributed by atoms with Crippen LogP contribution in [0, 0.1) is 5.92 Å². The second kappa shape index (κ2) is 6.32. The van der Waals surface area contributed by atoms with Gasteiger partial charge >= 0.3 is 0 Å². The molecule has 1 fully saturated rings. The summed E-state index contributed by atoms with van der Waals surface area (Å²) in [5.41, 5.74) is 5.66. The van der Waals surface area contributed by atoms with Crippen LogP contribution < -0.4 is 5.73 Å². The number of piperidine rings is 1. The third-order valence-corrected chi connectivity index (χ3v) is 3.00. The minimum atomic E-state index is 0.417. The Labute approximate surface area is 91.6 Å². The van der Waals surface area contributed by atoms with Gasteiger partial charge in [-0.3, -0.25) is 0 Å². The van der Waals surface area contributed by atoms with Gasteiger partial charge in [-0.25, -0.2) is 0 Å². The molecule has 0 spiro atoms. The lowest BCUT2D eigenvalue weighted by Gasteiger charge is -2.31. The number of hydrogen-bond acceptors (Lipinski definition) is 3. The molecule has 1 heterocycles. The van der Waals surface area contributed by atoms with Gasteiger partial charge in [0.25, 0.3) is 0 Å². The number of nitrogens with zero attached hydrogens (tertiary/aromatic N) is 1. The molecular formula is C10H20N2OS. The van der Waals surface area contributed by atoms with Gasteiger partial charge in [0.15, 0.2) is 0 Å². The van der Waals surface area contributed by atoms with E-state index in [-0.39, 0.29) is 0 Å². The van der Waals surface area contributed by atoms with Crippen LogP contribution in [0.15, 0.2) is 0 Å². The summed E-state index contributed by atoms with van der Waals surface area (Å²) in [5, 5.41) is 0. The second-order valence-electron chi connectivity index (χ2n) is 3.74. The normalized spacial score (nSPS) is 23.6. The summed E-state index contributed by atoms with van der Waals surface area (Å²) >= 11 is 5.02. The Balaban J connectivity index is 2.22. The van der Waals surface area contributed by atoms with Crippen LogP contribution in [0.4, 0.5) is 0 Å². The van der Waals surface area contributed by atoms with Crippen molar-refractivity contribution in [2.24, 2.45) is 11.7 Å². The van der Waals surface area contributed by atoms with E-state index in [1.807, 2.05) is 6.92 Å². The smallest absolute Gasteiger partial charge is 0.0771 e. The quantitative estimate of drug-likeness (QED) is 0.550. The van der Waals surface area contributed by atoms with Gasteiger partial charge in [-0.2, -0.15) is 0 Å². The van der Waals surface area contributed by atoms with Gasteiger partial charge in [-0.05, 0) is 26.3 Å². The molecular weight excluding hydrogens is 196 g/mol. The van der Waals surface area contributed by atoms with Crippen LogP contribution in [-0.2, 0) is 4.74 Å². The molecule has 1 saturated heterocycles. The van der Waals surface area contributed by atoms with Crippen LogP contribution in [-0.4, -0.2) is 42.7 Å². The molecule has 1 aliphatic rings. The summed E-state index contributed by atoms with van der Waals surface area (Å²) in [6.45, 7) is 6.82. The largest absolute Gasteiger partial charge is 0.393 e. The van der Waals surface area contributed by atoms with Crippen LogP contribution in [0.5, 0.6) is 0 Å². The summed E-state index contributed by atoms with van der Waals surface area (Å²) in [4.78, 5) is 3.06. The van der Waals surface area contributed by atoms with Gasteiger partial charge in [-0.15, -0.1) is 0 Å². The first-order valence-corrected chi connectivity index (χ1v) is 5.74. The Morgan fingerprint density at radius 2 is 2.43 bits per heavy atom. The number of nitrogens with two attached hydrogens (primary N) is 1. The van der Waals surface area contributed by atoms with E-state index in [9.17, 15) is 0 Å². The molecule has 82 valence electrons. The molecule has 0 radical (unpaired) electrons. The highest BCUT2D eigenvalue weighted by molar-refractivity contribution is 7.80. The minimum Gasteiger partial charge on any atom is -0.393 e. The predicted molar refractivity (Wildman–Crippen MR) is 62.4 cm³/mol. The van der Waals surface area contributed by atoms with Gasteiger partial charge in [0.2, 0.25) is 0 Å². The summed E-state index contributed by atoms with van der Waals surface area (Å²) in [6.07, 6.45) is 2.36. The average Bonchev–Trinajstić information content (AvgIpc) is 2.19. The lowest BCUT2D eigenvalue weighted by molar-refractivity contribution is 0.0997. The molecule has 0 saturated carbocycles. The maximum Gasteiger partial charge on any atom is 0.0771 e. The fourth-order valence-corrected chi connectivity index (χ4v) is 2.02. The van der Waals surface area contributed by atoms with E-state index < -0.39 is 0 Å². The molecule has 1 rings (SSSR count). The van der Waals surface area contributed by atoms with Crippen molar-refractivity contribution in [3.8, 4) is 0 Å². The number of ether oxygens (including phenoxy) is 1. The fourth-order valence-electron chi connectivity index (χ4n) is 1.83. The molecule has 14 heavy (non-hydrogen) atoms. The van der Waals surface area contributed by atoms with Crippen molar-refractivity contribution in [1.82, 2.24) is 4.90 Å². The number of hydrogen-bond donors (Lipinski definition) is 1. The molecule has 0 amide bonds. The Morgan fingerprint density at radius 3 is 3.07 bits per heavy atom. The molecule has 1 unspecified atom stereocenters. The Morgan fingerprint density at radius 1 is 1.64 bits per heavy atom. The Hall–Kier alpha value is -0.190. The second-order valence-corrected chi connectivity index (χ2v) is 4.21. The van der Waals surface area contributed by atoms with Crippen LogP contribution in [0.2, 0.25) is 0 Å². The standard InChI is InChI=1S/C10H20N2OS/c1-2-13-7-6-12-5-3-4-9(8-12)10(11)14/h9H,2-8H2,1H3,(H2,11,14). The van der Waals surface area contributed by atoms with E-state index in [1.54, 1.807) is 0 Å². The first kappa shape index (κ1) is 11.9. The van der Waals surface area contributed by atoms with Gasteiger partial charge in [0.05, 0.1) is 11.6 Å². The number of likely N-dealkylation sites (tertiary alicyclic amines) is 1. The fraction of sp³-hybridized carbons (Fsp3) is 0.900. The zero-order chi connectivity index (χ0) is 10.4. The van der Waals surface area contributed by atoms with E-state index in [2.05, 4.69) is 4.90 Å². The Kier molecular flexibility index (Phi) is 5.37. The summed E-state index contributed by atoms with van der Waals surface area (Å²) in [6, 6.07) is 0. The average molecular weight is 216 g/mol. The summed E-state index contributed by atoms with van der Waals surface area (Å²) in [5.74, 6) is 0.417. The maximum absolute atomic E-state index is 5.66. The molecule has 0 bridgehead atoms. The molecule has 2 N–H and O–H groups in total. The molecule has 3 nitrogen and oxygen atoms in total.